The van der Waals surface area contributed by atoms with Crippen LogP contribution in [-0.4, -0.2) is 31.8 Å². The zero-order valence-corrected chi connectivity index (χ0v) is 14.7. The summed E-state index contributed by atoms with van der Waals surface area (Å²) < 4.78 is -0.225. The molecule has 0 spiro atoms. The second-order valence-electron chi connectivity index (χ2n) is 6.56. The number of halogens is 1. The topological polar surface area (TPSA) is 26.3 Å². The number of benzene rings is 2. The van der Waals surface area contributed by atoms with Crippen molar-refractivity contribution in [2.24, 2.45) is 0 Å². The fourth-order valence-electron chi connectivity index (χ4n) is 3.22. The SMILES string of the molecule is C[N+](C)([O-])CCCN1c2ccccc2CCc2ccccc21.Cl. The van der Waals surface area contributed by atoms with Gasteiger partial charge in [-0.15, -0.1) is 12.4 Å². The molecule has 23 heavy (non-hydrogen) atoms. The van der Waals surface area contributed by atoms with Crippen molar-refractivity contribution in [2.75, 3.05) is 32.1 Å². The summed E-state index contributed by atoms with van der Waals surface area (Å²) >= 11 is 0. The summed E-state index contributed by atoms with van der Waals surface area (Å²) in [5, 5.41) is 11.8. The molecule has 4 heteroatoms. The molecule has 3 rings (SSSR count). The van der Waals surface area contributed by atoms with Gasteiger partial charge in [-0.3, -0.25) is 0 Å². The molecule has 0 aromatic heterocycles. The summed E-state index contributed by atoms with van der Waals surface area (Å²) in [6, 6.07) is 17.3. The van der Waals surface area contributed by atoms with Crippen molar-refractivity contribution in [2.45, 2.75) is 19.3 Å². The van der Waals surface area contributed by atoms with Crippen LogP contribution in [0.3, 0.4) is 0 Å². The predicted octanol–water partition coefficient (Wildman–Crippen LogP) is 4.31. The van der Waals surface area contributed by atoms with Crippen LogP contribution >= 0.6 is 12.4 Å². The molecular formula is C19H25ClN2O. The van der Waals surface area contributed by atoms with Gasteiger partial charge in [-0.05, 0) is 36.1 Å². The minimum atomic E-state index is -0.225. The van der Waals surface area contributed by atoms with Crippen molar-refractivity contribution in [1.82, 2.24) is 0 Å². The third-order valence-corrected chi connectivity index (χ3v) is 4.31. The average Bonchev–Trinajstić information content (AvgIpc) is 2.64. The van der Waals surface area contributed by atoms with Crippen molar-refractivity contribution in [3.63, 3.8) is 0 Å². The van der Waals surface area contributed by atoms with Crippen LogP contribution in [0.25, 0.3) is 0 Å². The normalized spacial score (nSPS) is 13.6. The first-order valence-electron chi connectivity index (χ1n) is 8.02. The lowest BCUT2D eigenvalue weighted by molar-refractivity contribution is -0.840. The fourth-order valence-corrected chi connectivity index (χ4v) is 3.22. The number of rotatable bonds is 4. The summed E-state index contributed by atoms with van der Waals surface area (Å²) in [7, 11) is 3.43. The molecule has 0 radical (unpaired) electrons. The number of nitrogens with zero attached hydrogens (tertiary/aromatic N) is 2. The van der Waals surface area contributed by atoms with Crippen LogP contribution in [0.15, 0.2) is 48.5 Å². The number of anilines is 2. The Labute approximate surface area is 145 Å². The van der Waals surface area contributed by atoms with Gasteiger partial charge >= 0.3 is 0 Å². The van der Waals surface area contributed by atoms with Crippen molar-refractivity contribution in [3.05, 3.63) is 64.9 Å². The van der Waals surface area contributed by atoms with Crippen LogP contribution in [0.4, 0.5) is 11.4 Å². The van der Waals surface area contributed by atoms with Crippen LogP contribution in [0.1, 0.15) is 17.5 Å². The third-order valence-electron chi connectivity index (χ3n) is 4.31. The molecule has 3 nitrogen and oxygen atoms in total. The third kappa shape index (κ3) is 4.25. The maximum Gasteiger partial charge on any atom is 0.0797 e. The molecule has 0 unspecified atom stereocenters. The Kier molecular flexibility index (Phi) is 5.69. The zero-order chi connectivity index (χ0) is 15.6. The van der Waals surface area contributed by atoms with E-state index in [1.54, 1.807) is 14.1 Å². The van der Waals surface area contributed by atoms with Gasteiger partial charge < -0.3 is 14.8 Å². The van der Waals surface area contributed by atoms with E-state index in [2.05, 4.69) is 53.4 Å². The van der Waals surface area contributed by atoms with Gasteiger partial charge in [-0.2, -0.15) is 0 Å². The molecular weight excluding hydrogens is 308 g/mol. The number of para-hydroxylation sites is 2. The molecule has 1 aliphatic rings. The van der Waals surface area contributed by atoms with E-state index in [0.717, 1.165) is 25.8 Å². The molecule has 1 aliphatic heterocycles. The van der Waals surface area contributed by atoms with Crippen LogP contribution in [-0.2, 0) is 12.8 Å². The standard InChI is InChI=1S/C19H24N2O.ClH/c1-21(2,22)15-7-14-20-18-10-5-3-8-16(18)12-13-17-9-4-6-11-19(17)20;/h3-6,8-11H,7,12-15H2,1-2H3;1H. The van der Waals surface area contributed by atoms with Gasteiger partial charge in [-0.25, -0.2) is 0 Å². The molecule has 0 N–H and O–H groups in total. The second-order valence-corrected chi connectivity index (χ2v) is 6.56. The summed E-state index contributed by atoms with van der Waals surface area (Å²) in [5.74, 6) is 0. The maximum atomic E-state index is 11.8. The van der Waals surface area contributed by atoms with Gasteiger partial charge in [0, 0.05) is 24.3 Å². The Morgan fingerprint density at radius 1 is 0.913 bits per heavy atom. The molecule has 0 saturated carbocycles. The van der Waals surface area contributed by atoms with Gasteiger partial charge in [-0.1, -0.05) is 36.4 Å². The highest BCUT2D eigenvalue weighted by molar-refractivity contribution is 5.85. The van der Waals surface area contributed by atoms with Gasteiger partial charge in [0.05, 0.1) is 20.6 Å². The Balaban J connectivity index is 0.00000192. The van der Waals surface area contributed by atoms with E-state index in [-0.39, 0.29) is 17.1 Å². The maximum absolute atomic E-state index is 11.8. The number of fused-ring (bicyclic) bond motifs is 2. The predicted molar refractivity (Wildman–Crippen MR) is 99.5 cm³/mol. The van der Waals surface area contributed by atoms with Crippen molar-refractivity contribution in [1.29, 1.82) is 0 Å². The summed E-state index contributed by atoms with van der Waals surface area (Å²) in [6.45, 7) is 1.53. The largest absolute Gasteiger partial charge is 0.633 e. The number of hydrogen-bond donors (Lipinski definition) is 0. The van der Waals surface area contributed by atoms with Crippen molar-refractivity contribution in [3.8, 4) is 0 Å². The molecule has 0 bridgehead atoms. The zero-order valence-electron chi connectivity index (χ0n) is 13.9. The molecule has 0 aliphatic carbocycles. The molecule has 0 saturated heterocycles. The Morgan fingerprint density at radius 2 is 1.39 bits per heavy atom. The van der Waals surface area contributed by atoms with Gasteiger partial charge in [0.2, 0.25) is 0 Å². The molecule has 1 heterocycles. The molecule has 2 aromatic rings. The van der Waals surface area contributed by atoms with Gasteiger partial charge in [0.25, 0.3) is 0 Å². The van der Waals surface area contributed by atoms with Gasteiger partial charge in [0.1, 0.15) is 0 Å². The van der Waals surface area contributed by atoms with Crippen LogP contribution in [0, 0.1) is 5.21 Å². The lowest BCUT2D eigenvalue weighted by atomic mass is 10.0. The first kappa shape index (κ1) is 17.8. The van der Waals surface area contributed by atoms with E-state index in [1.807, 2.05) is 0 Å². The summed E-state index contributed by atoms with van der Waals surface area (Å²) in [6.07, 6.45) is 3.04. The fraction of sp³-hybridized carbons (Fsp3) is 0.368. The molecule has 0 fully saturated rings. The number of aryl methyl sites for hydroxylation is 2. The van der Waals surface area contributed by atoms with E-state index in [4.69, 9.17) is 0 Å². The average molecular weight is 333 g/mol. The van der Waals surface area contributed by atoms with E-state index in [1.165, 1.54) is 22.5 Å². The number of quaternary nitrogens is 1. The monoisotopic (exact) mass is 332 g/mol. The molecule has 124 valence electrons. The van der Waals surface area contributed by atoms with E-state index in [0.29, 0.717) is 6.54 Å². The van der Waals surface area contributed by atoms with Crippen molar-refractivity contribution >= 4 is 23.8 Å². The Morgan fingerprint density at radius 3 is 1.87 bits per heavy atom. The van der Waals surface area contributed by atoms with E-state index < -0.39 is 0 Å². The van der Waals surface area contributed by atoms with E-state index in [9.17, 15) is 5.21 Å². The quantitative estimate of drug-likeness (QED) is 0.616. The summed E-state index contributed by atoms with van der Waals surface area (Å²) in [4.78, 5) is 2.40. The lowest BCUT2D eigenvalue weighted by Crippen LogP contribution is -2.35. The highest BCUT2D eigenvalue weighted by Gasteiger charge is 2.20. The molecule has 2 aromatic carbocycles. The number of hydroxylamine groups is 3. The second kappa shape index (κ2) is 7.35. The van der Waals surface area contributed by atoms with Crippen LogP contribution in [0.2, 0.25) is 0 Å². The minimum Gasteiger partial charge on any atom is -0.633 e. The van der Waals surface area contributed by atoms with Crippen molar-refractivity contribution < 1.29 is 4.65 Å². The van der Waals surface area contributed by atoms with Gasteiger partial charge in [0.15, 0.2) is 0 Å². The van der Waals surface area contributed by atoms with Crippen LogP contribution in [0.5, 0.6) is 0 Å². The smallest absolute Gasteiger partial charge is 0.0797 e. The molecule has 0 amide bonds. The Bertz CT molecular complexity index is 604. The highest BCUT2D eigenvalue weighted by atomic mass is 35.5. The lowest BCUT2D eigenvalue weighted by Gasteiger charge is -2.35. The first-order chi connectivity index (χ1) is 10.5. The highest BCUT2D eigenvalue weighted by Crippen LogP contribution is 2.35. The summed E-state index contributed by atoms with van der Waals surface area (Å²) in [5.41, 5.74) is 5.39. The minimum absolute atomic E-state index is 0. The number of hydrogen-bond acceptors (Lipinski definition) is 2. The molecule has 0 atom stereocenters. The first-order valence-corrected chi connectivity index (χ1v) is 8.02. The van der Waals surface area contributed by atoms with Crippen LogP contribution < -0.4 is 4.90 Å². The Hall–Kier alpha value is -1.55. The van der Waals surface area contributed by atoms with E-state index >= 15 is 0 Å².